The number of allylic oxidation sites excluding steroid dienone is 1. The van der Waals surface area contributed by atoms with Crippen molar-refractivity contribution in [3.63, 3.8) is 0 Å². The van der Waals surface area contributed by atoms with E-state index in [0.29, 0.717) is 25.8 Å². The number of piperidine rings is 1. The number of fused-ring (bicyclic) bond motifs is 1. The van der Waals surface area contributed by atoms with Crippen LogP contribution < -0.4 is 5.32 Å². The van der Waals surface area contributed by atoms with Crippen molar-refractivity contribution >= 4 is 18.0 Å². The van der Waals surface area contributed by atoms with Crippen LogP contribution in [0.25, 0.3) is 0 Å². The largest absolute Gasteiger partial charge is 0.480 e. The Kier molecular flexibility index (Phi) is 5.14. The molecule has 1 saturated heterocycles. The zero-order chi connectivity index (χ0) is 19.9. The minimum Gasteiger partial charge on any atom is -0.480 e. The first kappa shape index (κ1) is 20.3. The van der Waals surface area contributed by atoms with Crippen LogP contribution in [-0.2, 0) is 14.3 Å². The fourth-order valence-electron chi connectivity index (χ4n) is 3.63. The summed E-state index contributed by atoms with van der Waals surface area (Å²) < 4.78 is 5.38. The fraction of sp³-hybridized carbons (Fsp3) is 0.737. The maximum absolute atomic E-state index is 12.5. The van der Waals surface area contributed by atoms with E-state index >= 15 is 0 Å². The second kappa shape index (κ2) is 6.59. The van der Waals surface area contributed by atoms with E-state index in [0.717, 1.165) is 0 Å². The van der Waals surface area contributed by atoms with E-state index in [9.17, 15) is 19.5 Å². The molecule has 2 rings (SSSR count). The molecule has 3 atom stereocenters. The van der Waals surface area contributed by atoms with Gasteiger partial charge in [0.2, 0.25) is 5.91 Å². The van der Waals surface area contributed by atoms with Gasteiger partial charge in [-0.3, -0.25) is 9.69 Å². The van der Waals surface area contributed by atoms with E-state index in [1.807, 2.05) is 13.8 Å². The topological polar surface area (TPSA) is 95.9 Å². The molecule has 0 aromatic heterocycles. The van der Waals surface area contributed by atoms with Gasteiger partial charge in [0, 0.05) is 23.4 Å². The zero-order valence-corrected chi connectivity index (χ0v) is 16.3. The summed E-state index contributed by atoms with van der Waals surface area (Å²) in [5.41, 5.74) is -1.64. The van der Waals surface area contributed by atoms with Gasteiger partial charge in [-0.2, -0.15) is 0 Å². The first-order valence-electron chi connectivity index (χ1n) is 8.96. The molecule has 0 radical (unpaired) electrons. The number of likely N-dealkylation sites (tertiary alicyclic amines) is 1. The molecule has 2 aliphatic rings. The number of hydrogen-bond donors (Lipinski definition) is 2. The summed E-state index contributed by atoms with van der Waals surface area (Å²) in [6.45, 7) is 13.0. The summed E-state index contributed by atoms with van der Waals surface area (Å²) >= 11 is 0. The van der Waals surface area contributed by atoms with Crippen LogP contribution in [0.4, 0.5) is 4.79 Å². The standard InChI is InChI=1S/C19H30N2O5/c1-7-8-18(5,6)15(24)20-11-19-9-12(14(22)23)21(13(19)10-19)16(25)26-17(2,3)4/h7,12-13H,1,8-11H2,2-6H3,(H,20,24)(H,22,23)/t12-,13+,19-/m0/s1. The number of aliphatic carboxylic acids is 1. The number of carboxylic acid groups (broad SMARTS) is 1. The van der Waals surface area contributed by atoms with Crippen molar-refractivity contribution in [2.75, 3.05) is 6.54 Å². The third-order valence-corrected chi connectivity index (χ3v) is 5.18. The Morgan fingerprint density at radius 3 is 2.38 bits per heavy atom. The van der Waals surface area contributed by atoms with Gasteiger partial charge in [0.05, 0.1) is 0 Å². The monoisotopic (exact) mass is 366 g/mol. The number of nitrogens with zero attached hydrogens (tertiary/aromatic N) is 1. The molecule has 2 amide bonds. The molecule has 0 unspecified atom stereocenters. The number of carbonyl (C=O) groups excluding carboxylic acids is 2. The number of ether oxygens (including phenoxy) is 1. The molecule has 146 valence electrons. The average Bonchev–Trinajstić information content (AvgIpc) is 3.07. The Labute approximate surface area is 154 Å². The second-order valence-electron chi connectivity index (χ2n) is 9.09. The molecule has 7 nitrogen and oxygen atoms in total. The highest BCUT2D eigenvalue weighted by Crippen LogP contribution is 2.59. The van der Waals surface area contributed by atoms with Gasteiger partial charge in [-0.05, 0) is 40.0 Å². The summed E-state index contributed by atoms with van der Waals surface area (Å²) in [6.07, 6.45) is 2.66. The molecule has 1 heterocycles. The third-order valence-electron chi connectivity index (χ3n) is 5.18. The maximum atomic E-state index is 12.5. The number of nitrogens with one attached hydrogen (secondary N) is 1. The third kappa shape index (κ3) is 4.02. The lowest BCUT2D eigenvalue weighted by Gasteiger charge is -2.28. The first-order valence-corrected chi connectivity index (χ1v) is 8.96. The first-order chi connectivity index (χ1) is 11.8. The predicted molar refractivity (Wildman–Crippen MR) is 96.6 cm³/mol. The molecule has 2 N–H and O–H groups in total. The Morgan fingerprint density at radius 1 is 1.27 bits per heavy atom. The summed E-state index contributed by atoms with van der Waals surface area (Å²) in [4.78, 5) is 37.9. The van der Waals surface area contributed by atoms with Crippen molar-refractivity contribution in [1.29, 1.82) is 0 Å². The lowest BCUT2D eigenvalue weighted by atomic mass is 9.88. The minimum atomic E-state index is -1.04. The summed E-state index contributed by atoms with van der Waals surface area (Å²) in [7, 11) is 0. The van der Waals surface area contributed by atoms with Crippen molar-refractivity contribution in [2.45, 2.75) is 71.6 Å². The lowest BCUT2D eigenvalue weighted by Crippen LogP contribution is -2.45. The zero-order valence-electron chi connectivity index (χ0n) is 16.3. The van der Waals surface area contributed by atoms with Gasteiger partial charge < -0.3 is 15.2 Å². The summed E-state index contributed by atoms with van der Waals surface area (Å²) in [5, 5.41) is 12.5. The minimum absolute atomic E-state index is 0.0972. The molecule has 1 saturated carbocycles. The van der Waals surface area contributed by atoms with Gasteiger partial charge in [-0.1, -0.05) is 19.9 Å². The normalized spacial score (nSPS) is 27.5. The Hall–Kier alpha value is -2.05. The Bertz CT molecular complexity index is 622. The molecule has 0 aromatic carbocycles. The van der Waals surface area contributed by atoms with E-state index in [2.05, 4.69) is 11.9 Å². The van der Waals surface area contributed by atoms with E-state index in [1.165, 1.54) is 4.90 Å². The van der Waals surface area contributed by atoms with Crippen molar-refractivity contribution in [3.8, 4) is 0 Å². The van der Waals surface area contributed by atoms with E-state index < -0.39 is 29.1 Å². The van der Waals surface area contributed by atoms with Crippen molar-refractivity contribution in [2.24, 2.45) is 10.8 Å². The SMILES string of the molecule is C=CCC(C)(C)C(=O)NC[C@@]12C[C@@H](C(=O)O)N(C(=O)OC(C)(C)C)[C@@H]1C2. The van der Waals surface area contributed by atoms with Crippen molar-refractivity contribution in [1.82, 2.24) is 10.2 Å². The van der Waals surface area contributed by atoms with E-state index in [-0.39, 0.29) is 17.4 Å². The highest BCUT2D eigenvalue weighted by Gasteiger charge is 2.68. The van der Waals surface area contributed by atoms with Gasteiger partial charge in [-0.15, -0.1) is 6.58 Å². The molecule has 2 fully saturated rings. The van der Waals surface area contributed by atoms with Gasteiger partial charge in [-0.25, -0.2) is 9.59 Å². The molecule has 0 spiro atoms. The smallest absolute Gasteiger partial charge is 0.411 e. The molecule has 1 aliphatic carbocycles. The quantitative estimate of drug-likeness (QED) is 0.704. The Balaban J connectivity index is 2.06. The van der Waals surface area contributed by atoms with Crippen LogP contribution in [0.5, 0.6) is 0 Å². The van der Waals surface area contributed by atoms with Crippen LogP contribution in [0.1, 0.15) is 53.9 Å². The van der Waals surface area contributed by atoms with Crippen LogP contribution >= 0.6 is 0 Å². The van der Waals surface area contributed by atoms with E-state index in [1.54, 1.807) is 26.8 Å². The second-order valence-corrected chi connectivity index (χ2v) is 9.09. The van der Waals surface area contributed by atoms with Crippen LogP contribution in [-0.4, -0.2) is 52.2 Å². The predicted octanol–water partition coefficient (Wildman–Crippen LogP) is 2.56. The average molecular weight is 366 g/mol. The van der Waals surface area contributed by atoms with Crippen LogP contribution in [0.2, 0.25) is 0 Å². The molecular formula is C19H30N2O5. The van der Waals surface area contributed by atoms with Crippen LogP contribution in [0.15, 0.2) is 12.7 Å². The molecule has 26 heavy (non-hydrogen) atoms. The highest BCUT2D eigenvalue weighted by atomic mass is 16.6. The van der Waals surface area contributed by atoms with Crippen LogP contribution in [0, 0.1) is 10.8 Å². The maximum Gasteiger partial charge on any atom is 0.411 e. The lowest BCUT2D eigenvalue weighted by molar-refractivity contribution is -0.142. The number of rotatable bonds is 6. The number of carbonyl (C=O) groups is 3. The van der Waals surface area contributed by atoms with Gasteiger partial charge in [0.15, 0.2) is 0 Å². The number of hydrogen-bond acceptors (Lipinski definition) is 4. The summed E-state index contributed by atoms with van der Waals surface area (Å²) in [6, 6.07) is -1.12. The fourth-order valence-corrected chi connectivity index (χ4v) is 3.63. The highest BCUT2D eigenvalue weighted by molar-refractivity contribution is 5.83. The van der Waals surface area contributed by atoms with E-state index in [4.69, 9.17) is 4.74 Å². The molecule has 1 aliphatic heterocycles. The molecule has 0 bridgehead atoms. The summed E-state index contributed by atoms with van der Waals surface area (Å²) in [5.74, 6) is -1.14. The number of amides is 2. The van der Waals surface area contributed by atoms with Gasteiger partial charge in [0.1, 0.15) is 11.6 Å². The van der Waals surface area contributed by atoms with Crippen molar-refractivity contribution < 1.29 is 24.2 Å². The van der Waals surface area contributed by atoms with Gasteiger partial charge in [0.25, 0.3) is 0 Å². The Morgan fingerprint density at radius 2 is 1.88 bits per heavy atom. The molecule has 0 aromatic rings. The van der Waals surface area contributed by atoms with Crippen molar-refractivity contribution in [3.05, 3.63) is 12.7 Å². The van der Waals surface area contributed by atoms with Gasteiger partial charge >= 0.3 is 12.1 Å². The molecular weight excluding hydrogens is 336 g/mol. The van der Waals surface area contributed by atoms with Crippen LogP contribution in [0.3, 0.4) is 0 Å². The molecule has 7 heteroatoms. The number of carboxylic acids is 1.